The van der Waals surface area contributed by atoms with Crippen LogP contribution in [0.5, 0.6) is 0 Å². The van der Waals surface area contributed by atoms with Crippen LogP contribution in [0.1, 0.15) is 45.8 Å². The smallest absolute Gasteiger partial charge is 0.339 e. The summed E-state index contributed by atoms with van der Waals surface area (Å²) in [5.41, 5.74) is 3.54. The number of benzene rings is 1. The lowest BCUT2D eigenvalue weighted by molar-refractivity contribution is 0.0694. The van der Waals surface area contributed by atoms with Crippen molar-refractivity contribution in [3.8, 4) is 0 Å². The van der Waals surface area contributed by atoms with E-state index >= 15 is 0 Å². The van der Waals surface area contributed by atoms with Gasteiger partial charge in [0, 0.05) is 12.1 Å². The maximum absolute atomic E-state index is 11.1. The number of aromatic carboxylic acids is 1. The second kappa shape index (κ2) is 5.04. The molecule has 102 valence electrons. The van der Waals surface area contributed by atoms with Gasteiger partial charge in [0.05, 0.1) is 11.3 Å². The summed E-state index contributed by atoms with van der Waals surface area (Å²) in [6.45, 7) is 1.92. The molecule has 1 N–H and O–H groups in total. The topological polar surface area (TPSA) is 63.1 Å². The van der Waals surface area contributed by atoms with E-state index in [4.69, 9.17) is 5.11 Å². The molecule has 1 aliphatic rings. The summed E-state index contributed by atoms with van der Waals surface area (Å²) < 4.78 is 0. The molecule has 1 heterocycles. The van der Waals surface area contributed by atoms with Gasteiger partial charge in [0.25, 0.3) is 0 Å². The first-order chi connectivity index (χ1) is 9.69. The van der Waals surface area contributed by atoms with Crippen molar-refractivity contribution in [1.82, 2.24) is 9.97 Å². The molecular formula is C16H16N2O2. The molecular weight excluding hydrogens is 252 g/mol. The van der Waals surface area contributed by atoms with Crippen molar-refractivity contribution in [2.75, 3.05) is 0 Å². The summed E-state index contributed by atoms with van der Waals surface area (Å²) in [5, 5.41) is 9.11. The first kappa shape index (κ1) is 12.8. The molecule has 0 atom stereocenters. The van der Waals surface area contributed by atoms with Gasteiger partial charge in [-0.1, -0.05) is 31.2 Å². The standard InChI is InChI=1S/C16H16N2O2/c1-2-14-13(16(19)20)9-17-15(18-14)12-7-10-5-3-4-6-11(10)8-12/h3-6,9,12H,2,7-8H2,1H3,(H,19,20). The lowest BCUT2D eigenvalue weighted by atomic mass is 10.0. The molecule has 3 rings (SSSR count). The van der Waals surface area contributed by atoms with Crippen LogP contribution in [0.4, 0.5) is 0 Å². The summed E-state index contributed by atoms with van der Waals surface area (Å²) in [5.74, 6) is 0.0757. The van der Waals surface area contributed by atoms with Gasteiger partial charge >= 0.3 is 5.97 Å². The molecule has 0 spiro atoms. The third kappa shape index (κ3) is 2.18. The third-order valence-electron chi connectivity index (χ3n) is 3.87. The number of carboxylic acids is 1. The van der Waals surface area contributed by atoms with Gasteiger partial charge in [0.2, 0.25) is 0 Å². The Kier molecular flexibility index (Phi) is 3.22. The van der Waals surface area contributed by atoms with Gasteiger partial charge < -0.3 is 5.11 Å². The number of hydrogen-bond acceptors (Lipinski definition) is 3. The first-order valence-corrected chi connectivity index (χ1v) is 6.85. The van der Waals surface area contributed by atoms with E-state index in [9.17, 15) is 4.79 Å². The molecule has 4 nitrogen and oxygen atoms in total. The second-order valence-corrected chi connectivity index (χ2v) is 5.12. The van der Waals surface area contributed by atoms with Crippen LogP contribution in [0, 0.1) is 0 Å². The first-order valence-electron chi connectivity index (χ1n) is 6.85. The molecule has 0 bridgehead atoms. The molecule has 0 radical (unpaired) electrons. The summed E-state index contributed by atoms with van der Waals surface area (Å²) in [4.78, 5) is 19.9. The third-order valence-corrected chi connectivity index (χ3v) is 3.87. The van der Waals surface area contributed by atoms with E-state index in [1.54, 1.807) is 0 Å². The Labute approximate surface area is 117 Å². The van der Waals surface area contributed by atoms with Crippen molar-refractivity contribution >= 4 is 5.97 Å². The molecule has 0 saturated carbocycles. The zero-order valence-corrected chi connectivity index (χ0v) is 11.3. The Hall–Kier alpha value is -2.23. The molecule has 0 fully saturated rings. The number of aromatic nitrogens is 2. The molecule has 1 aliphatic carbocycles. The van der Waals surface area contributed by atoms with Crippen LogP contribution in [-0.2, 0) is 19.3 Å². The average Bonchev–Trinajstić information content (AvgIpc) is 2.90. The van der Waals surface area contributed by atoms with Crippen LogP contribution >= 0.6 is 0 Å². The minimum atomic E-state index is -0.955. The van der Waals surface area contributed by atoms with Crippen molar-refractivity contribution in [3.63, 3.8) is 0 Å². The van der Waals surface area contributed by atoms with Gasteiger partial charge in [-0.15, -0.1) is 0 Å². The zero-order valence-electron chi connectivity index (χ0n) is 11.3. The Balaban J connectivity index is 1.91. The van der Waals surface area contributed by atoms with Crippen molar-refractivity contribution in [2.45, 2.75) is 32.1 Å². The van der Waals surface area contributed by atoms with Gasteiger partial charge in [-0.2, -0.15) is 0 Å². The van der Waals surface area contributed by atoms with Crippen molar-refractivity contribution in [1.29, 1.82) is 0 Å². The Bertz CT molecular complexity index is 642. The predicted molar refractivity (Wildman–Crippen MR) is 75.0 cm³/mol. The van der Waals surface area contributed by atoms with Crippen LogP contribution < -0.4 is 0 Å². The molecule has 0 aliphatic heterocycles. The number of rotatable bonds is 3. The van der Waals surface area contributed by atoms with E-state index < -0.39 is 5.97 Å². The lowest BCUT2D eigenvalue weighted by Crippen LogP contribution is -2.11. The van der Waals surface area contributed by atoms with E-state index in [1.165, 1.54) is 17.3 Å². The number of carboxylic acid groups (broad SMARTS) is 1. The molecule has 1 aromatic carbocycles. The van der Waals surface area contributed by atoms with Crippen LogP contribution in [0.25, 0.3) is 0 Å². The fourth-order valence-electron chi connectivity index (χ4n) is 2.82. The van der Waals surface area contributed by atoms with E-state index in [2.05, 4.69) is 22.1 Å². The van der Waals surface area contributed by atoms with Crippen LogP contribution in [-0.4, -0.2) is 21.0 Å². The maximum atomic E-state index is 11.1. The number of aryl methyl sites for hydroxylation is 1. The van der Waals surface area contributed by atoms with Crippen molar-refractivity contribution < 1.29 is 9.90 Å². The van der Waals surface area contributed by atoms with Gasteiger partial charge in [-0.05, 0) is 30.4 Å². The normalized spacial score (nSPS) is 14.2. The highest BCUT2D eigenvalue weighted by molar-refractivity contribution is 5.88. The summed E-state index contributed by atoms with van der Waals surface area (Å²) in [6, 6.07) is 8.38. The van der Waals surface area contributed by atoms with Gasteiger partial charge in [-0.25, -0.2) is 14.8 Å². The summed E-state index contributed by atoms with van der Waals surface area (Å²) in [7, 11) is 0. The van der Waals surface area contributed by atoms with Crippen LogP contribution in [0.15, 0.2) is 30.5 Å². The largest absolute Gasteiger partial charge is 0.478 e. The molecule has 2 aromatic rings. The number of hydrogen-bond donors (Lipinski definition) is 1. The van der Waals surface area contributed by atoms with E-state index in [0.29, 0.717) is 12.1 Å². The monoisotopic (exact) mass is 268 g/mol. The SMILES string of the molecule is CCc1nc(C2Cc3ccccc3C2)ncc1C(=O)O. The van der Waals surface area contributed by atoms with Crippen molar-refractivity contribution in [2.24, 2.45) is 0 Å². The molecule has 0 unspecified atom stereocenters. The second-order valence-electron chi connectivity index (χ2n) is 5.12. The maximum Gasteiger partial charge on any atom is 0.339 e. The molecule has 20 heavy (non-hydrogen) atoms. The quantitative estimate of drug-likeness (QED) is 0.929. The molecule has 0 amide bonds. The van der Waals surface area contributed by atoms with E-state index in [1.807, 2.05) is 19.1 Å². The Morgan fingerprint density at radius 2 is 1.95 bits per heavy atom. The zero-order chi connectivity index (χ0) is 14.1. The molecule has 1 aromatic heterocycles. The van der Waals surface area contributed by atoms with Gasteiger partial charge in [0.1, 0.15) is 5.82 Å². The predicted octanol–water partition coefficient (Wildman–Crippen LogP) is 2.62. The minimum Gasteiger partial charge on any atom is -0.478 e. The van der Waals surface area contributed by atoms with Gasteiger partial charge in [0.15, 0.2) is 0 Å². The lowest BCUT2D eigenvalue weighted by Gasteiger charge is -2.10. The van der Waals surface area contributed by atoms with Crippen molar-refractivity contribution in [3.05, 3.63) is 58.7 Å². The number of fused-ring (bicyclic) bond motifs is 1. The van der Waals surface area contributed by atoms with Crippen LogP contribution in [0.3, 0.4) is 0 Å². The van der Waals surface area contributed by atoms with Crippen LogP contribution in [0.2, 0.25) is 0 Å². The molecule has 0 saturated heterocycles. The summed E-state index contributed by atoms with van der Waals surface area (Å²) in [6.07, 6.45) is 3.93. The van der Waals surface area contributed by atoms with E-state index in [0.717, 1.165) is 18.7 Å². The molecule has 4 heteroatoms. The Morgan fingerprint density at radius 1 is 1.30 bits per heavy atom. The fraction of sp³-hybridized carbons (Fsp3) is 0.312. The average molecular weight is 268 g/mol. The number of nitrogens with zero attached hydrogens (tertiary/aromatic N) is 2. The number of carbonyl (C=O) groups is 1. The highest BCUT2D eigenvalue weighted by atomic mass is 16.4. The minimum absolute atomic E-state index is 0.215. The Morgan fingerprint density at radius 3 is 2.50 bits per heavy atom. The highest BCUT2D eigenvalue weighted by Crippen LogP contribution is 2.32. The fourth-order valence-corrected chi connectivity index (χ4v) is 2.82. The highest BCUT2D eigenvalue weighted by Gasteiger charge is 2.25. The van der Waals surface area contributed by atoms with E-state index in [-0.39, 0.29) is 11.5 Å². The summed E-state index contributed by atoms with van der Waals surface area (Å²) >= 11 is 0. The van der Waals surface area contributed by atoms with Gasteiger partial charge in [-0.3, -0.25) is 0 Å².